The van der Waals surface area contributed by atoms with Crippen LogP contribution in [0.5, 0.6) is 5.75 Å². The summed E-state index contributed by atoms with van der Waals surface area (Å²) in [4.78, 5) is 13.8. The van der Waals surface area contributed by atoms with Gasteiger partial charge < -0.3 is 14.8 Å². The number of sulfonamides is 1. The van der Waals surface area contributed by atoms with Crippen LogP contribution in [0.3, 0.4) is 0 Å². The third kappa shape index (κ3) is 6.02. The summed E-state index contributed by atoms with van der Waals surface area (Å²) in [6.07, 6.45) is 0. The van der Waals surface area contributed by atoms with Crippen LogP contribution in [-0.4, -0.2) is 52.6 Å². The van der Waals surface area contributed by atoms with Crippen LogP contribution in [0.15, 0.2) is 47.4 Å². The molecule has 30 heavy (non-hydrogen) atoms. The van der Waals surface area contributed by atoms with Crippen LogP contribution in [0.1, 0.15) is 18.1 Å². The number of carbonyl (C=O) groups excluding carboxylic acids is 1. The first kappa shape index (κ1) is 22.2. The van der Waals surface area contributed by atoms with Crippen LogP contribution in [0.4, 0.5) is 5.69 Å². The van der Waals surface area contributed by atoms with E-state index in [4.69, 9.17) is 9.47 Å². The fourth-order valence-corrected chi connectivity index (χ4v) is 4.30. The van der Waals surface area contributed by atoms with Crippen molar-refractivity contribution in [3.05, 3.63) is 53.6 Å². The molecule has 0 aliphatic carbocycles. The Morgan fingerprint density at radius 3 is 2.57 bits per heavy atom. The van der Waals surface area contributed by atoms with Gasteiger partial charge in [-0.25, -0.2) is 13.1 Å². The maximum atomic E-state index is 12.8. The lowest BCUT2D eigenvalue weighted by Gasteiger charge is -2.26. The largest absolute Gasteiger partial charge is 0.495 e. The molecule has 0 spiro atoms. The van der Waals surface area contributed by atoms with E-state index in [-0.39, 0.29) is 17.3 Å². The van der Waals surface area contributed by atoms with Crippen LogP contribution >= 0.6 is 0 Å². The minimum absolute atomic E-state index is 0.0523. The van der Waals surface area contributed by atoms with E-state index in [1.165, 1.54) is 32.2 Å². The van der Waals surface area contributed by atoms with Crippen molar-refractivity contribution in [2.24, 2.45) is 0 Å². The van der Waals surface area contributed by atoms with E-state index < -0.39 is 10.0 Å². The van der Waals surface area contributed by atoms with Gasteiger partial charge in [-0.3, -0.25) is 9.69 Å². The summed E-state index contributed by atoms with van der Waals surface area (Å²) in [5.74, 6) is 0.0767. The summed E-state index contributed by atoms with van der Waals surface area (Å²) in [5.41, 5.74) is 2.31. The first-order chi connectivity index (χ1) is 14.4. The molecule has 0 aromatic heterocycles. The lowest BCUT2D eigenvalue weighted by Crippen LogP contribution is -2.35. The number of methoxy groups -OCH3 is 1. The minimum atomic E-state index is -3.77. The molecule has 2 aromatic carbocycles. The molecule has 2 N–H and O–H groups in total. The highest BCUT2D eigenvalue weighted by Gasteiger charge is 2.17. The lowest BCUT2D eigenvalue weighted by atomic mass is 10.1. The minimum Gasteiger partial charge on any atom is -0.495 e. The number of nitrogens with one attached hydrogen (secondary N) is 2. The van der Waals surface area contributed by atoms with Gasteiger partial charge in [0, 0.05) is 33.1 Å². The number of amides is 1. The Hall–Kier alpha value is -2.46. The molecule has 1 aliphatic rings. The van der Waals surface area contributed by atoms with Gasteiger partial charge in [-0.2, -0.15) is 0 Å². The van der Waals surface area contributed by atoms with Crippen molar-refractivity contribution in [3.8, 4) is 5.75 Å². The maximum Gasteiger partial charge on any atom is 0.240 e. The van der Waals surface area contributed by atoms with Crippen LogP contribution in [0.2, 0.25) is 0 Å². The van der Waals surface area contributed by atoms with Gasteiger partial charge in [-0.1, -0.05) is 24.3 Å². The number of rotatable bonds is 8. The fourth-order valence-electron chi connectivity index (χ4n) is 3.26. The lowest BCUT2D eigenvalue weighted by molar-refractivity contribution is -0.114. The molecular weight excluding hydrogens is 406 g/mol. The van der Waals surface area contributed by atoms with Crippen LogP contribution < -0.4 is 14.8 Å². The molecule has 3 rings (SSSR count). The second-order valence-corrected chi connectivity index (χ2v) is 8.84. The van der Waals surface area contributed by atoms with Crippen molar-refractivity contribution in [2.45, 2.75) is 24.9 Å². The number of morpholine rings is 1. The quantitative estimate of drug-likeness (QED) is 0.661. The van der Waals surface area contributed by atoms with Gasteiger partial charge >= 0.3 is 0 Å². The molecular formula is C21H27N3O5S. The Labute approximate surface area is 177 Å². The van der Waals surface area contributed by atoms with Crippen molar-refractivity contribution in [1.29, 1.82) is 0 Å². The molecule has 1 aliphatic heterocycles. The summed E-state index contributed by atoms with van der Waals surface area (Å²) < 4.78 is 38.7. The zero-order valence-electron chi connectivity index (χ0n) is 17.2. The van der Waals surface area contributed by atoms with E-state index in [2.05, 4.69) is 14.9 Å². The van der Waals surface area contributed by atoms with Crippen molar-refractivity contribution < 1.29 is 22.7 Å². The second kappa shape index (κ2) is 10.0. The first-order valence-electron chi connectivity index (χ1n) is 9.70. The van der Waals surface area contributed by atoms with E-state index in [1.54, 1.807) is 0 Å². The van der Waals surface area contributed by atoms with Gasteiger partial charge in [0.25, 0.3) is 0 Å². The molecule has 0 atom stereocenters. The van der Waals surface area contributed by atoms with Crippen LogP contribution in [-0.2, 0) is 32.6 Å². The monoisotopic (exact) mass is 433 g/mol. The number of hydrogen-bond donors (Lipinski definition) is 2. The highest BCUT2D eigenvalue weighted by atomic mass is 32.2. The normalized spacial score (nSPS) is 15.0. The number of benzene rings is 2. The summed E-state index contributed by atoms with van der Waals surface area (Å²) in [6, 6.07) is 12.2. The van der Waals surface area contributed by atoms with Crippen molar-refractivity contribution >= 4 is 21.6 Å². The number of nitrogens with zero attached hydrogens (tertiary/aromatic N) is 1. The average molecular weight is 434 g/mol. The van der Waals surface area contributed by atoms with E-state index in [0.717, 1.165) is 44.0 Å². The molecule has 162 valence electrons. The Kier molecular flexibility index (Phi) is 7.43. The molecule has 0 radical (unpaired) electrons. The van der Waals surface area contributed by atoms with E-state index in [1.807, 2.05) is 24.3 Å². The Balaban J connectivity index is 1.69. The Bertz CT molecular complexity index is 988. The number of anilines is 1. The van der Waals surface area contributed by atoms with Gasteiger partial charge in [0.05, 0.1) is 30.9 Å². The van der Waals surface area contributed by atoms with Crippen LogP contribution in [0.25, 0.3) is 0 Å². The average Bonchev–Trinajstić information content (AvgIpc) is 2.73. The summed E-state index contributed by atoms with van der Waals surface area (Å²) in [6.45, 7) is 5.59. The molecule has 0 unspecified atom stereocenters. The van der Waals surface area contributed by atoms with Gasteiger partial charge in [-0.05, 0) is 29.3 Å². The number of ether oxygens (including phenoxy) is 2. The van der Waals surface area contributed by atoms with Gasteiger partial charge in [-0.15, -0.1) is 0 Å². The second-order valence-electron chi connectivity index (χ2n) is 7.08. The third-order valence-electron chi connectivity index (χ3n) is 4.76. The highest BCUT2D eigenvalue weighted by molar-refractivity contribution is 7.89. The Morgan fingerprint density at radius 1 is 1.13 bits per heavy atom. The zero-order chi connectivity index (χ0) is 21.6. The molecule has 1 saturated heterocycles. The van der Waals surface area contributed by atoms with E-state index >= 15 is 0 Å². The maximum absolute atomic E-state index is 12.8. The molecule has 9 heteroatoms. The van der Waals surface area contributed by atoms with Gasteiger partial charge in [0.15, 0.2) is 0 Å². The fraction of sp³-hybridized carbons (Fsp3) is 0.381. The van der Waals surface area contributed by atoms with Crippen molar-refractivity contribution in [2.75, 3.05) is 38.7 Å². The summed E-state index contributed by atoms with van der Waals surface area (Å²) in [5, 5.41) is 2.59. The predicted octanol–water partition coefficient (Wildman–Crippen LogP) is 1.96. The topological polar surface area (TPSA) is 97.0 Å². The van der Waals surface area contributed by atoms with Crippen LogP contribution in [0, 0.1) is 0 Å². The molecule has 0 bridgehead atoms. The molecule has 1 fully saturated rings. The van der Waals surface area contributed by atoms with Gasteiger partial charge in [0.2, 0.25) is 15.9 Å². The SMILES string of the molecule is COc1ccc(S(=O)(=O)NCc2cccc(CN3CCOCC3)c2)cc1NC(C)=O. The zero-order valence-corrected chi connectivity index (χ0v) is 18.0. The number of carbonyl (C=O) groups is 1. The smallest absolute Gasteiger partial charge is 0.240 e. The molecule has 1 heterocycles. The molecule has 8 nitrogen and oxygen atoms in total. The predicted molar refractivity (Wildman–Crippen MR) is 114 cm³/mol. The summed E-state index contributed by atoms with van der Waals surface area (Å²) in [7, 11) is -2.31. The van der Waals surface area contributed by atoms with E-state index in [0.29, 0.717) is 11.4 Å². The van der Waals surface area contributed by atoms with Crippen molar-refractivity contribution in [1.82, 2.24) is 9.62 Å². The Morgan fingerprint density at radius 2 is 1.87 bits per heavy atom. The van der Waals surface area contributed by atoms with E-state index in [9.17, 15) is 13.2 Å². The first-order valence-corrected chi connectivity index (χ1v) is 11.2. The molecule has 2 aromatic rings. The van der Waals surface area contributed by atoms with Crippen molar-refractivity contribution in [3.63, 3.8) is 0 Å². The van der Waals surface area contributed by atoms with Gasteiger partial charge in [0.1, 0.15) is 5.75 Å². The standard InChI is InChI=1S/C21H27N3O5S/c1-16(25)23-20-13-19(6-7-21(20)28-2)30(26,27)22-14-17-4-3-5-18(12-17)15-24-8-10-29-11-9-24/h3-7,12-13,22H,8-11,14-15H2,1-2H3,(H,23,25). The molecule has 1 amide bonds. The summed E-state index contributed by atoms with van der Waals surface area (Å²) >= 11 is 0. The molecule has 0 saturated carbocycles. The number of hydrogen-bond acceptors (Lipinski definition) is 6. The highest BCUT2D eigenvalue weighted by Crippen LogP contribution is 2.27. The third-order valence-corrected chi connectivity index (χ3v) is 6.16.